The number of carbonyl (C=O) groups excluding carboxylic acids is 2. The molecule has 4 heterocycles. The average Bonchev–Trinajstić information content (AvgIpc) is 3.23. The number of likely N-dealkylation sites (tertiary alicyclic amines) is 1. The molecule has 10 heteroatoms. The molecule has 4 rings (SSSR count). The van der Waals surface area contributed by atoms with Crippen LogP contribution in [-0.2, 0) is 25.5 Å². The number of hydrogen-bond donors (Lipinski definition) is 2. The largest absolute Gasteiger partial charge is 0.483 e. The Morgan fingerprint density at radius 2 is 2.11 bits per heavy atom. The smallest absolute Gasteiger partial charge is 0.290 e. The molecule has 0 unspecified atom stereocenters. The highest BCUT2D eigenvalue weighted by Gasteiger charge is 2.62. The van der Waals surface area contributed by atoms with E-state index in [1.807, 2.05) is 0 Å². The summed E-state index contributed by atoms with van der Waals surface area (Å²) >= 11 is 0. The number of aromatic nitrogens is 2. The topological polar surface area (TPSA) is 133 Å². The summed E-state index contributed by atoms with van der Waals surface area (Å²) in [6.45, 7) is 4.85. The Hall–Kier alpha value is -2.75. The van der Waals surface area contributed by atoms with E-state index < -0.39 is 5.72 Å². The molecule has 3 fully saturated rings. The van der Waals surface area contributed by atoms with E-state index in [4.69, 9.17) is 14.6 Å². The van der Waals surface area contributed by atoms with E-state index in [1.54, 1.807) is 23.6 Å². The van der Waals surface area contributed by atoms with Gasteiger partial charge >= 0.3 is 0 Å². The first kappa shape index (κ1) is 19.0. The van der Waals surface area contributed by atoms with Crippen molar-refractivity contribution in [2.45, 2.75) is 44.9 Å². The van der Waals surface area contributed by atoms with Crippen LogP contribution in [0.5, 0.6) is 0 Å². The molecule has 27 heavy (non-hydrogen) atoms. The number of aromatic amines is 1. The highest BCUT2D eigenvalue weighted by Crippen LogP contribution is 2.45. The first-order valence-electron chi connectivity index (χ1n) is 8.72. The summed E-state index contributed by atoms with van der Waals surface area (Å²) < 4.78 is 5.88. The number of aryl methyl sites for hydroxylation is 2. The lowest BCUT2D eigenvalue weighted by Gasteiger charge is -2.31. The first-order valence-corrected chi connectivity index (χ1v) is 8.72. The molecule has 3 aliphatic rings. The number of carboxylic acid groups (broad SMARTS) is 1. The molecule has 2 atom stereocenters. The van der Waals surface area contributed by atoms with Gasteiger partial charge in [-0.3, -0.25) is 19.2 Å². The molecule has 2 amide bonds. The zero-order valence-corrected chi connectivity index (χ0v) is 15.2. The van der Waals surface area contributed by atoms with E-state index >= 15 is 0 Å². The second-order valence-corrected chi connectivity index (χ2v) is 6.79. The average molecular weight is 378 g/mol. The molecule has 1 spiro atoms. The quantitative estimate of drug-likeness (QED) is 0.643. The van der Waals surface area contributed by atoms with Crippen molar-refractivity contribution in [2.24, 2.45) is 0 Å². The van der Waals surface area contributed by atoms with Gasteiger partial charge in [-0.25, -0.2) is 4.98 Å². The number of nitrogens with one attached hydrogen (secondary N) is 1. The van der Waals surface area contributed by atoms with Crippen LogP contribution in [0.2, 0.25) is 0 Å². The molecule has 0 aromatic carbocycles. The molecule has 0 aliphatic carbocycles. The van der Waals surface area contributed by atoms with Gasteiger partial charge in [0, 0.05) is 30.8 Å². The summed E-state index contributed by atoms with van der Waals surface area (Å²) in [6.07, 6.45) is 0.930. The van der Waals surface area contributed by atoms with Gasteiger partial charge in [0.15, 0.2) is 5.72 Å². The molecule has 10 nitrogen and oxygen atoms in total. The summed E-state index contributed by atoms with van der Waals surface area (Å²) in [4.78, 5) is 55.8. The van der Waals surface area contributed by atoms with Crippen molar-refractivity contribution in [2.75, 3.05) is 19.7 Å². The van der Waals surface area contributed by atoms with Crippen LogP contribution in [0.1, 0.15) is 29.9 Å². The molecular formula is C17H22N4O6. The molecule has 3 aliphatic heterocycles. The molecule has 1 aromatic rings. The first-order chi connectivity index (χ1) is 12.8. The number of amides is 2. The minimum absolute atomic E-state index is 0.00474. The minimum atomic E-state index is -0.639. The van der Waals surface area contributed by atoms with Crippen molar-refractivity contribution in [1.82, 2.24) is 19.8 Å². The Labute approximate surface area is 155 Å². The maximum atomic E-state index is 12.8. The summed E-state index contributed by atoms with van der Waals surface area (Å²) in [6, 6.07) is -0.252. The fourth-order valence-electron chi connectivity index (χ4n) is 4.30. The van der Waals surface area contributed by atoms with Crippen molar-refractivity contribution < 1.29 is 24.2 Å². The molecule has 146 valence electrons. The monoisotopic (exact) mass is 378 g/mol. The number of ether oxygens (including phenoxy) is 1. The summed E-state index contributed by atoms with van der Waals surface area (Å²) in [5.74, 6) is 0.424. The van der Waals surface area contributed by atoms with Gasteiger partial charge < -0.3 is 24.6 Å². The molecular weight excluding hydrogens is 356 g/mol. The second-order valence-electron chi connectivity index (χ2n) is 6.79. The SMILES string of the molecule is Cc1nc(C)c(CC(=O)N2CC[C@@]34OCCN3C(=O)C[C@@H]24)c(=O)[nH]1.O=CO. The Morgan fingerprint density at radius 3 is 2.78 bits per heavy atom. The van der Waals surface area contributed by atoms with Crippen LogP contribution in [0.3, 0.4) is 0 Å². The van der Waals surface area contributed by atoms with Gasteiger partial charge in [-0.1, -0.05) is 0 Å². The number of nitrogens with zero attached hydrogens (tertiary/aromatic N) is 3. The van der Waals surface area contributed by atoms with E-state index in [1.165, 1.54) is 0 Å². The van der Waals surface area contributed by atoms with E-state index in [-0.39, 0.29) is 36.3 Å². The van der Waals surface area contributed by atoms with Crippen LogP contribution < -0.4 is 5.56 Å². The molecule has 0 saturated carbocycles. The third-order valence-corrected chi connectivity index (χ3v) is 5.39. The van der Waals surface area contributed by atoms with Crippen LogP contribution in [0, 0.1) is 13.8 Å². The highest BCUT2D eigenvalue weighted by atomic mass is 16.5. The summed E-state index contributed by atoms with van der Waals surface area (Å²) in [5, 5.41) is 6.89. The van der Waals surface area contributed by atoms with E-state index in [9.17, 15) is 14.4 Å². The van der Waals surface area contributed by atoms with Crippen molar-refractivity contribution in [3.05, 3.63) is 27.4 Å². The zero-order valence-electron chi connectivity index (χ0n) is 15.2. The minimum Gasteiger partial charge on any atom is -0.483 e. The number of carbonyl (C=O) groups is 3. The van der Waals surface area contributed by atoms with Gasteiger partial charge in [0.25, 0.3) is 12.0 Å². The van der Waals surface area contributed by atoms with Gasteiger partial charge in [0.1, 0.15) is 5.82 Å². The summed E-state index contributed by atoms with van der Waals surface area (Å²) in [5.41, 5.74) is 0.0445. The maximum absolute atomic E-state index is 12.8. The van der Waals surface area contributed by atoms with E-state index in [0.717, 1.165) is 0 Å². The van der Waals surface area contributed by atoms with Gasteiger partial charge in [0.2, 0.25) is 11.8 Å². The van der Waals surface area contributed by atoms with Crippen LogP contribution >= 0.6 is 0 Å². The lowest BCUT2D eigenvalue weighted by molar-refractivity contribution is -0.139. The zero-order chi connectivity index (χ0) is 19.8. The number of H-pyrrole nitrogens is 1. The standard InChI is InChI=1S/C16H20N4O4.CH2O2/c1-9-11(15(23)18-10(2)17-9)7-13(21)19-4-3-16-12(19)8-14(22)20(16)5-6-24-16;2-1-3/h12H,3-8H2,1-2H3,(H,17,18,23);1H,(H,2,3)/t12-,16+;/m1./s1. The molecule has 1 aromatic heterocycles. The predicted octanol–water partition coefficient (Wildman–Crippen LogP) is -0.810. The van der Waals surface area contributed by atoms with Gasteiger partial charge in [-0.2, -0.15) is 0 Å². The van der Waals surface area contributed by atoms with E-state index in [0.29, 0.717) is 49.6 Å². The second kappa shape index (κ2) is 7.10. The normalized spacial score (nSPS) is 25.7. The number of hydrogen-bond acceptors (Lipinski definition) is 6. The Kier molecular flexibility index (Phi) is 5.01. The van der Waals surface area contributed by atoms with Crippen LogP contribution in [0.25, 0.3) is 0 Å². The van der Waals surface area contributed by atoms with Crippen molar-refractivity contribution in [1.29, 1.82) is 0 Å². The molecule has 3 saturated heterocycles. The van der Waals surface area contributed by atoms with Gasteiger partial charge in [-0.15, -0.1) is 0 Å². The lowest BCUT2D eigenvalue weighted by atomic mass is 10.1. The lowest BCUT2D eigenvalue weighted by Crippen LogP contribution is -2.49. The highest BCUT2D eigenvalue weighted by molar-refractivity contribution is 5.85. The Bertz CT molecular complexity index is 837. The molecule has 0 radical (unpaired) electrons. The fraction of sp³-hybridized carbons (Fsp3) is 0.588. The van der Waals surface area contributed by atoms with Crippen molar-refractivity contribution >= 4 is 18.3 Å². The van der Waals surface area contributed by atoms with E-state index in [2.05, 4.69) is 9.97 Å². The van der Waals surface area contributed by atoms with Crippen molar-refractivity contribution in [3.63, 3.8) is 0 Å². The van der Waals surface area contributed by atoms with Crippen molar-refractivity contribution in [3.8, 4) is 0 Å². The Morgan fingerprint density at radius 1 is 1.41 bits per heavy atom. The molecule has 0 bridgehead atoms. The van der Waals surface area contributed by atoms with Gasteiger partial charge in [-0.05, 0) is 13.8 Å². The van der Waals surface area contributed by atoms with Crippen LogP contribution in [-0.4, -0.2) is 74.6 Å². The predicted molar refractivity (Wildman–Crippen MR) is 91.9 cm³/mol. The van der Waals surface area contributed by atoms with Crippen LogP contribution in [0.4, 0.5) is 0 Å². The third-order valence-electron chi connectivity index (χ3n) is 5.39. The Balaban J connectivity index is 0.000000659. The summed E-state index contributed by atoms with van der Waals surface area (Å²) in [7, 11) is 0. The molecule has 2 N–H and O–H groups in total. The van der Waals surface area contributed by atoms with Crippen LogP contribution in [0.15, 0.2) is 4.79 Å². The fourth-order valence-corrected chi connectivity index (χ4v) is 4.30. The third kappa shape index (κ3) is 3.09. The number of rotatable bonds is 2. The van der Waals surface area contributed by atoms with Gasteiger partial charge in [0.05, 0.1) is 25.5 Å². The maximum Gasteiger partial charge on any atom is 0.290 e.